The van der Waals surface area contributed by atoms with Crippen molar-refractivity contribution in [3.8, 4) is 0 Å². The van der Waals surface area contributed by atoms with Gasteiger partial charge in [0.2, 0.25) is 0 Å². The van der Waals surface area contributed by atoms with Crippen LogP contribution in [0.3, 0.4) is 0 Å². The number of carbonyl (C=O) groups excluding carboxylic acids is 1. The molecule has 1 atom stereocenters. The molecule has 2 aromatic rings. The first-order chi connectivity index (χ1) is 11.6. The quantitative estimate of drug-likeness (QED) is 0.872. The molecule has 0 radical (unpaired) electrons. The zero-order chi connectivity index (χ0) is 16.9. The summed E-state index contributed by atoms with van der Waals surface area (Å²) in [6.45, 7) is 6.42. The van der Waals surface area contributed by atoms with Crippen molar-refractivity contribution in [2.24, 2.45) is 0 Å². The van der Waals surface area contributed by atoms with Crippen molar-refractivity contribution in [3.05, 3.63) is 53.3 Å². The van der Waals surface area contributed by atoms with E-state index in [9.17, 15) is 4.79 Å². The summed E-state index contributed by atoms with van der Waals surface area (Å²) in [5.74, 6) is -0.121. The Hall–Kier alpha value is -2.18. The number of aromatic amines is 1. The molecule has 1 aliphatic heterocycles. The fourth-order valence-electron chi connectivity index (χ4n) is 3.15. The molecular weight excluding hydrogens is 302 g/mol. The number of amides is 1. The Bertz CT molecular complexity index is 669. The van der Waals surface area contributed by atoms with Crippen LogP contribution in [0, 0.1) is 6.92 Å². The molecule has 1 saturated heterocycles. The molecule has 1 aromatic carbocycles. The Morgan fingerprint density at radius 1 is 1.33 bits per heavy atom. The van der Waals surface area contributed by atoms with Gasteiger partial charge in [-0.25, -0.2) is 0 Å². The van der Waals surface area contributed by atoms with Gasteiger partial charge in [-0.3, -0.25) is 14.8 Å². The predicted octanol–water partition coefficient (Wildman–Crippen LogP) is 1.44. The number of nitrogens with zero attached hydrogens (tertiary/aromatic N) is 3. The summed E-state index contributed by atoms with van der Waals surface area (Å²) < 4.78 is 0. The van der Waals surface area contributed by atoms with Crippen LogP contribution in [-0.2, 0) is 0 Å². The third kappa shape index (κ3) is 4.01. The van der Waals surface area contributed by atoms with E-state index in [0.29, 0.717) is 18.3 Å². The third-order valence-electron chi connectivity index (χ3n) is 4.50. The average Bonchev–Trinajstić information content (AvgIpc) is 3.03. The highest BCUT2D eigenvalue weighted by Gasteiger charge is 2.26. The summed E-state index contributed by atoms with van der Waals surface area (Å²) in [7, 11) is 2.16. The van der Waals surface area contributed by atoms with Crippen LogP contribution >= 0.6 is 0 Å². The number of hydrogen-bond donors (Lipinski definition) is 2. The minimum Gasteiger partial charge on any atom is -0.349 e. The van der Waals surface area contributed by atoms with Gasteiger partial charge in [-0.1, -0.05) is 30.3 Å². The van der Waals surface area contributed by atoms with Crippen molar-refractivity contribution in [2.45, 2.75) is 13.0 Å². The highest BCUT2D eigenvalue weighted by Crippen LogP contribution is 2.24. The van der Waals surface area contributed by atoms with Gasteiger partial charge in [-0.05, 0) is 25.6 Å². The first kappa shape index (κ1) is 16.7. The van der Waals surface area contributed by atoms with Crippen molar-refractivity contribution in [3.63, 3.8) is 0 Å². The van der Waals surface area contributed by atoms with Gasteiger partial charge in [-0.15, -0.1) is 0 Å². The molecule has 0 unspecified atom stereocenters. The smallest absolute Gasteiger partial charge is 0.271 e. The molecule has 128 valence electrons. The largest absolute Gasteiger partial charge is 0.349 e. The van der Waals surface area contributed by atoms with Crippen LogP contribution in [0.15, 0.2) is 36.4 Å². The fraction of sp³-hybridized carbons (Fsp3) is 0.444. The van der Waals surface area contributed by atoms with Crippen molar-refractivity contribution in [1.82, 2.24) is 25.3 Å². The molecule has 0 aliphatic carbocycles. The number of likely N-dealkylation sites (N-methyl/N-ethyl adjacent to an activating group) is 1. The SMILES string of the molecule is Cc1cc(C(=O)NCCN2CCN(C)C[C@H]2c2ccccc2)n[nH]1. The second-order valence-corrected chi connectivity index (χ2v) is 6.42. The molecule has 0 bridgehead atoms. The monoisotopic (exact) mass is 327 g/mol. The molecule has 1 amide bonds. The number of aryl methyl sites for hydroxylation is 1. The van der Waals surface area contributed by atoms with Crippen LogP contribution < -0.4 is 5.32 Å². The van der Waals surface area contributed by atoms with E-state index in [0.717, 1.165) is 31.9 Å². The Labute approximate surface area is 142 Å². The zero-order valence-electron chi connectivity index (χ0n) is 14.3. The van der Waals surface area contributed by atoms with E-state index >= 15 is 0 Å². The molecule has 3 rings (SSSR count). The van der Waals surface area contributed by atoms with E-state index in [4.69, 9.17) is 0 Å². The third-order valence-corrected chi connectivity index (χ3v) is 4.50. The molecule has 6 heteroatoms. The Morgan fingerprint density at radius 3 is 2.83 bits per heavy atom. The summed E-state index contributed by atoms with van der Waals surface area (Å²) in [5, 5.41) is 9.76. The second kappa shape index (κ2) is 7.59. The standard InChI is InChI=1S/C18H25N5O/c1-14-12-16(21-20-14)18(24)19-8-9-23-11-10-22(2)13-17(23)15-6-4-3-5-7-15/h3-7,12,17H,8-11,13H2,1-2H3,(H,19,24)(H,20,21)/t17-/m0/s1. The Balaban J connectivity index is 1.57. The zero-order valence-corrected chi connectivity index (χ0v) is 14.3. The molecule has 24 heavy (non-hydrogen) atoms. The highest BCUT2D eigenvalue weighted by atomic mass is 16.1. The second-order valence-electron chi connectivity index (χ2n) is 6.42. The lowest BCUT2D eigenvalue weighted by atomic mass is 10.0. The lowest BCUT2D eigenvalue weighted by Crippen LogP contribution is -2.49. The van der Waals surface area contributed by atoms with Gasteiger partial charge in [0.1, 0.15) is 5.69 Å². The van der Waals surface area contributed by atoms with Crippen LogP contribution in [0.25, 0.3) is 0 Å². The topological polar surface area (TPSA) is 64.3 Å². The summed E-state index contributed by atoms with van der Waals surface area (Å²) in [6, 6.07) is 12.7. The fourth-order valence-corrected chi connectivity index (χ4v) is 3.15. The van der Waals surface area contributed by atoms with Gasteiger partial charge in [-0.2, -0.15) is 5.10 Å². The minimum atomic E-state index is -0.121. The Morgan fingerprint density at radius 2 is 2.12 bits per heavy atom. The number of nitrogens with one attached hydrogen (secondary N) is 2. The molecule has 0 saturated carbocycles. The number of carbonyl (C=O) groups is 1. The molecule has 1 aliphatic rings. The van der Waals surface area contributed by atoms with Crippen LogP contribution in [0.1, 0.15) is 27.8 Å². The molecular formula is C18H25N5O. The van der Waals surface area contributed by atoms with E-state index in [1.807, 2.05) is 13.0 Å². The maximum absolute atomic E-state index is 12.1. The maximum atomic E-state index is 12.1. The van der Waals surface area contributed by atoms with E-state index in [1.165, 1.54) is 5.56 Å². The Kier molecular flexibility index (Phi) is 5.27. The molecule has 2 heterocycles. The van der Waals surface area contributed by atoms with Gasteiger partial charge < -0.3 is 10.2 Å². The van der Waals surface area contributed by atoms with Gasteiger partial charge in [0.25, 0.3) is 5.91 Å². The number of benzene rings is 1. The van der Waals surface area contributed by atoms with Crippen LogP contribution in [0.4, 0.5) is 0 Å². The summed E-state index contributed by atoms with van der Waals surface area (Å²) in [4.78, 5) is 16.9. The lowest BCUT2D eigenvalue weighted by Gasteiger charge is -2.40. The van der Waals surface area contributed by atoms with E-state index in [2.05, 4.69) is 56.6 Å². The van der Waals surface area contributed by atoms with Crippen molar-refractivity contribution < 1.29 is 4.79 Å². The number of aromatic nitrogens is 2. The first-order valence-corrected chi connectivity index (χ1v) is 8.41. The van der Waals surface area contributed by atoms with Crippen molar-refractivity contribution >= 4 is 5.91 Å². The van der Waals surface area contributed by atoms with Gasteiger partial charge in [0.15, 0.2) is 0 Å². The van der Waals surface area contributed by atoms with Gasteiger partial charge >= 0.3 is 0 Å². The summed E-state index contributed by atoms with van der Waals surface area (Å²) in [5.41, 5.74) is 2.67. The molecule has 6 nitrogen and oxygen atoms in total. The lowest BCUT2D eigenvalue weighted by molar-refractivity contribution is 0.0840. The van der Waals surface area contributed by atoms with Crippen molar-refractivity contribution in [2.75, 3.05) is 39.8 Å². The summed E-state index contributed by atoms with van der Waals surface area (Å²) >= 11 is 0. The van der Waals surface area contributed by atoms with E-state index in [1.54, 1.807) is 6.07 Å². The summed E-state index contributed by atoms with van der Waals surface area (Å²) in [6.07, 6.45) is 0. The van der Waals surface area contributed by atoms with Gasteiger partial charge in [0, 0.05) is 44.5 Å². The molecule has 1 aromatic heterocycles. The number of piperazine rings is 1. The van der Waals surface area contributed by atoms with E-state index in [-0.39, 0.29) is 5.91 Å². The van der Waals surface area contributed by atoms with E-state index < -0.39 is 0 Å². The number of H-pyrrole nitrogens is 1. The number of hydrogen-bond acceptors (Lipinski definition) is 4. The minimum absolute atomic E-state index is 0.121. The average molecular weight is 327 g/mol. The van der Waals surface area contributed by atoms with Gasteiger partial charge in [0.05, 0.1) is 0 Å². The predicted molar refractivity (Wildman–Crippen MR) is 93.9 cm³/mol. The maximum Gasteiger partial charge on any atom is 0.271 e. The molecule has 1 fully saturated rings. The van der Waals surface area contributed by atoms with Crippen LogP contribution in [-0.4, -0.2) is 65.7 Å². The number of rotatable bonds is 5. The normalized spacial score (nSPS) is 19.3. The van der Waals surface area contributed by atoms with Crippen LogP contribution in [0.2, 0.25) is 0 Å². The highest BCUT2D eigenvalue weighted by molar-refractivity contribution is 5.92. The first-order valence-electron chi connectivity index (χ1n) is 8.41. The van der Waals surface area contributed by atoms with Crippen molar-refractivity contribution in [1.29, 1.82) is 0 Å². The molecule has 2 N–H and O–H groups in total. The van der Waals surface area contributed by atoms with Crippen LogP contribution in [0.5, 0.6) is 0 Å². The molecule has 0 spiro atoms.